The van der Waals surface area contributed by atoms with E-state index in [1.165, 1.54) is 0 Å². The molecule has 4 N–H and O–H groups in total. The molecule has 0 atom stereocenters. The number of aromatic nitrogens is 1. The van der Waals surface area contributed by atoms with E-state index in [1.54, 1.807) is 0 Å². The van der Waals surface area contributed by atoms with Crippen molar-refractivity contribution in [1.29, 1.82) is 0 Å². The minimum atomic E-state index is -0.809. The third-order valence-corrected chi connectivity index (χ3v) is 1.89. The summed E-state index contributed by atoms with van der Waals surface area (Å²) in [6, 6.07) is 0.747. The predicted octanol–water partition coefficient (Wildman–Crippen LogP) is 1.86. The third kappa shape index (κ3) is 3.02. The van der Waals surface area contributed by atoms with Crippen LogP contribution >= 0.6 is 0 Å². The van der Waals surface area contributed by atoms with Crippen LogP contribution in [0.15, 0.2) is 6.07 Å². The van der Waals surface area contributed by atoms with Crippen molar-refractivity contribution in [3.05, 3.63) is 17.7 Å². The van der Waals surface area contributed by atoms with Gasteiger partial charge in [-0.2, -0.15) is 0 Å². The van der Waals surface area contributed by atoms with Gasteiger partial charge in [0.05, 0.1) is 0 Å². The van der Waals surface area contributed by atoms with Crippen molar-refractivity contribution < 1.29 is 8.78 Å². The van der Waals surface area contributed by atoms with E-state index in [4.69, 9.17) is 5.84 Å². The van der Waals surface area contributed by atoms with Gasteiger partial charge in [-0.3, -0.25) is 0 Å². The minimum absolute atomic E-state index is 0.0119. The molecule has 0 spiro atoms. The molecule has 1 rings (SSSR count). The zero-order valence-corrected chi connectivity index (χ0v) is 8.48. The standard InChI is InChI=1S/C9H14F2N4/c1-2-3-4-13-8-6(10)5-7(11)9(14-8)15-12/h5H,2-4,12H2,1H3,(H2,13,14,15). The average molecular weight is 216 g/mol. The lowest BCUT2D eigenvalue weighted by Crippen LogP contribution is -2.13. The first kappa shape index (κ1) is 11.6. The number of pyridine rings is 1. The molecule has 0 bridgehead atoms. The Kier molecular flexibility index (Phi) is 4.23. The van der Waals surface area contributed by atoms with Gasteiger partial charge in [0, 0.05) is 12.6 Å². The van der Waals surface area contributed by atoms with Crippen molar-refractivity contribution in [2.75, 3.05) is 17.3 Å². The number of nitrogens with zero attached hydrogens (tertiary/aromatic N) is 1. The molecule has 0 saturated carbocycles. The number of rotatable bonds is 5. The molecule has 0 radical (unpaired) electrons. The molecule has 0 aliphatic rings. The number of hydrogen-bond acceptors (Lipinski definition) is 4. The van der Waals surface area contributed by atoms with Crippen molar-refractivity contribution in [2.45, 2.75) is 19.8 Å². The summed E-state index contributed by atoms with van der Waals surface area (Å²) in [6.07, 6.45) is 1.88. The summed E-state index contributed by atoms with van der Waals surface area (Å²) in [7, 11) is 0. The van der Waals surface area contributed by atoms with E-state index in [9.17, 15) is 8.78 Å². The van der Waals surface area contributed by atoms with Crippen molar-refractivity contribution in [1.82, 2.24) is 4.98 Å². The van der Waals surface area contributed by atoms with E-state index >= 15 is 0 Å². The number of hydrazine groups is 1. The Morgan fingerprint density at radius 3 is 2.60 bits per heavy atom. The molecule has 0 saturated heterocycles. The summed E-state index contributed by atoms with van der Waals surface area (Å²) in [6.45, 7) is 2.61. The predicted molar refractivity (Wildman–Crippen MR) is 55.4 cm³/mol. The van der Waals surface area contributed by atoms with Crippen LogP contribution in [0.3, 0.4) is 0 Å². The highest BCUT2D eigenvalue weighted by atomic mass is 19.1. The Balaban J connectivity index is 2.78. The van der Waals surface area contributed by atoms with Crippen LogP contribution in [0.5, 0.6) is 0 Å². The summed E-state index contributed by atoms with van der Waals surface area (Å²) in [4.78, 5) is 3.66. The molecular formula is C9H14F2N4. The van der Waals surface area contributed by atoms with Gasteiger partial charge >= 0.3 is 0 Å². The average Bonchev–Trinajstić information content (AvgIpc) is 2.21. The van der Waals surface area contributed by atoms with Gasteiger partial charge in [0.15, 0.2) is 23.3 Å². The molecule has 4 nitrogen and oxygen atoms in total. The van der Waals surface area contributed by atoms with Gasteiger partial charge in [-0.05, 0) is 6.42 Å². The van der Waals surface area contributed by atoms with E-state index < -0.39 is 11.6 Å². The third-order valence-electron chi connectivity index (χ3n) is 1.89. The van der Waals surface area contributed by atoms with Crippen LogP contribution in [0.25, 0.3) is 0 Å². The number of anilines is 2. The maximum atomic E-state index is 13.2. The van der Waals surface area contributed by atoms with E-state index in [2.05, 4.69) is 15.7 Å². The maximum absolute atomic E-state index is 13.2. The number of nitrogens with one attached hydrogen (secondary N) is 2. The molecule has 0 aromatic carbocycles. The second-order valence-electron chi connectivity index (χ2n) is 3.07. The van der Waals surface area contributed by atoms with E-state index in [-0.39, 0.29) is 11.6 Å². The molecule has 1 aromatic heterocycles. The van der Waals surface area contributed by atoms with Gasteiger partial charge in [-0.1, -0.05) is 13.3 Å². The Hall–Kier alpha value is -1.43. The molecule has 1 aromatic rings. The van der Waals surface area contributed by atoms with Gasteiger partial charge in [0.25, 0.3) is 0 Å². The van der Waals surface area contributed by atoms with Crippen LogP contribution in [-0.2, 0) is 0 Å². The lowest BCUT2D eigenvalue weighted by Gasteiger charge is -2.08. The normalized spacial score (nSPS) is 10.1. The molecule has 6 heteroatoms. The molecule has 0 fully saturated rings. The van der Waals surface area contributed by atoms with Crippen LogP contribution in [0.1, 0.15) is 19.8 Å². The Morgan fingerprint density at radius 1 is 1.33 bits per heavy atom. The zero-order valence-electron chi connectivity index (χ0n) is 8.48. The van der Waals surface area contributed by atoms with Crippen molar-refractivity contribution in [3.63, 3.8) is 0 Å². The zero-order chi connectivity index (χ0) is 11.3. The van der Waals surface area contributed by atoms with Gasteiger partial charge in [-0.25, -0.2) is 19.6 Å². The van der Waals surface area contributed by atoms with Gasteiger partial charge in [-0.15, -0.1) is 0 Å². The van der Waals surface area contributed by atoms with Crippen LogP contribution in [0, 0.1) is 11.6 Å². The molecule has 15 heavy (non-hydrogen) atoms. The van der Waals surface area contributed by atoms with Gasteiger partial charge in [0.2, 0.25) is 0 Å². The number of nitrogens with two attached hydrogens (primary N) is 1. The fourth-order valence-electron chi connectivity index (χ4n) is 1.08. The lowest BCUT2D eigenvalue weighted by molar-refractivity contribution is 0.578. The van der Waals surface area contributed by atoms with Crippen LogP contribution in [0.4, 0.5) is 20.4 Å². The monoisotopic (exact) mass is 216 g/mol. The summed E-state index contributed by atoms with van der Waals surface area (Å²) in [5, 5.41) is 2.77. The SMILES string of the molecule is CCCCNc1nc(NN)c(F)cc1F. The molecular weight excluding hydrogens is 202 g/mol. The van der Waals surface area contributed by atoms with Gasteiger partial charge < -0.3 is 10.7 Å². The van der Waals surface area contributed by atoms with Gasteiger partial charge in [0.1, 0.15) is 0 Å². The molecule has 0 amide bonds. The van der Waals surface area contributed by atoms with E-state index in [1.807, 2.05) is 6.92 Å². The number of hydrogen-bond donors (Lipinski definition) is 3. The highest BCUT2D eigenvalue weighted by molar-refractivity contribution is 5.46. The second-order valence-corrected chi connectivity index (χ2v) is 3.07. The lowest BCUT2D eigenvalue weighted by atomic mass is 10.3. The molecule has 1 heterocycles. The highest BCUT2D eigenvalue weighted by Crippen LogP contribution is 2.17. The Bertz CT molecular complexity index is 330. The highest BCUT2D eigenvalue weighted by Gasteiger charge is 2.10. The summed E-state index contributed by atoms with van der Waals surface area (Å²) in [5.74, 6) is 3.33. The summed E-state index contributed by atoms with van der Waals surface area (Å²) in [5.41, 5.74) is 2.06. The fraction of sp³-hybridized carbons (Fsp3) is 0.444. The molecule has 0 unspecified atom stereocenters. The first-order valence-corrected chi connectivity index (χ1v) is 4.75. The van der Waals surface area contributed by atoms with E-state index in [0.717, 1.165) is 18.9 Å². The van der Waals surface area contributed by atoms with Crippen LogP contribution in [-0.4, -0.2) is 11.5 Å². The van der Waals surface area contributed by atoms with Crippen molar-refractivity contribution in [2.24, 2.45) is 5.84 Å². The maximum Gasteiger partial charge on any atom is 0.178 e. The van der Waals surface area contributed by atoms with Crippen molar-refractivity contribution in [3.8, 4) is 0 Å². The van der Waals surface area contributed by atoms with E-state index in [0.29, 0.717) is 6.54 Å². The first-order valence-electron chi connectivity index (χ1n) is 4.75. The Labute approximate surface area is 86.9 Å². The summed E-state index contributed by atoms with van der Waals surface area (Å²) < 4.78 is 26.1. The summed E-state index contributed by atoms with van der Waals surface area (Å²) >= 11 is 0. The molecule has 84 valence electrons. The smallest absolute Gasteiger partial charge is 0.178 e. The fourth-order valence-corrected chi connectivity index (χ4v) is 1.08. The van der Waals surface area contributed by atoms with Crippen LogP contribution in [0.2, 0.25) is 0 Å². The number of nitrogen functional groups attached to an aromatic ring is 1. The topological polar surface area (TPSA) is 63.0 Å². The van der Waals surface area contributed by atoms with Crippen LogP contribution < -0.4 is 16.6 Å². The quantitative estimate of drug-likeness (QED) is 0.399. The first-order chi connectivity index (χ1) is 7.19. The molecule has 0 aliphatic carbocycles. The Morgan fingerprint density at radius 2 is 2.00 bits per heavy atom. The largest absolute Gasteiger partial charge is 0.368 e. The minimum Gasteiger partial charge on any atom is -0.368 e. The number of unbranched alkanes of at least 4 members (excludes halogenated alkanes) is 1. The van der Waals surface area contributed by atoms with Crippen molar-refractivity contribution >= 4 is 11.6 Å². The number of halogens is 2. The second kappa shape index (κ2) is 5.45. The molecule has 0 aliphatic heterocycles.